The van der Waals surface area contributed by atoms with Gasteiger partial charge in [0.2, 0.25) is 0 Å². The third kappa shape index (κ3) is 8.39. The molecule has 1 amide bonds. The van der Waals surface area contributed by atoms with Gasteiger partial charge in [0.15, 0.2) is 0 Å². The molecule has 4 aromatic rings. The number of carbonyl (C=O) groups excluding carboxylic acids is 2. The maximum Gasteiger partial charge on any atom is 1.00 e. The van der Waals surface area contributed by atoms with Crippen molar-refractivity contribution >= 4 is 23.6 Å². The summed E-state index contributed by atoms with van der Waals surface area (Å²) in [5.74, 6) is -0.400. The van der Waals surface area contributed by atoms with Gasteiger partial charge in [-0.1, -0.05) is 60.7 Å². The molecule has 2 atom stereocenters. The molecule has 0 aliphatic heterocycles. The van der Waals surface area contributed by atoms with Crippen LogP contribution in [-0.2, 0) is 22.6 Å². The number of amides is 1. The van der Waals surface area contributed by atoms with Crippen molar-refractivity contribution in [1.29, 1.82) is 0 Å². The van der Waals surface area contributed by atoms with Crippen LogP contribution in [0, 0.1) is 6.92 Å². The van der Waals surface area contributed by atoms with E-state index in [-0.39, 0.29) is 31.4 Å². The second-order valence-electron chi connectivity index (χ2n) is 9.33. The van der Waals surface area contributed by atoms with E-state index in [1.54, 1.807) is 12.3 Å². The Balaban J connectivity index is 0.00000441. The molecule has 0 spiro atoms. The Bertz CT molecular complexity index is 1380. The molecule has 8 heteroatoms. The molecule has 0 saturated heterocycles. The molecule has 1 N–H and O–H groups in total. The number of nitrogens with one attached hydrogen (secondary N) is 1. The van der Waals surface area contributed by atoms with E-state index < -0.39 is 17.9 Å². The van der Waals surface area contributed by atoms with Gasteiger partial charge < -0.3 is 24.4 Å². The Labute approximate surface area is 251 Å². The molecular weight excluding hydrogens is 517 g/mol. The van der Waals surface area contributed by atoms with Crippen molar-refractivity contribution < 1.29 is 42.7 Å². The number of ether oxygens (including phenoxy) is 1. The number of carboxylic acid groups (broad SMARTS) is 1. The molecule has 6 nitrogen and oxygen atoms in total. The second kappa shape index (κ2) is 15.5. The number of furan rings is 1. The molecule has 1 aromatic heterocycles. The third-order valence-corrected chi connectivity index (χ3v) is 7.18. The zero-order chi connectivity index (χ0) is 27.6. The maximum atomic E-state index is 13.3. The average molecular weight is 550 g/mol. The predicted molar refractivity (Wildman–Crippen MR) is 152 cm³/mol. The Hall–Kier alpha value is -3.21. The van der Waals surface area contributed by atoms with E-state index in [2.05, 4.69) is 17.4 Å². The zero-order valence-corrected chi connectivity index (χ0v) is 23.9. The van der Waals surface area contributed by atoms with E-state index in [0.717, 1.165) is 28.0 Å². The van der Waals surface area contributed by atoms with Crippen molar-refractivity contribution in [3.8, 4) is 11.1 Å². The fraction of sp³-hybridized carbons (Fsp3) is 0.250. The molecule has 0 aliphatic carbocycles. The molecular formula is C32H32LiNO5S. The summed E-state index contributed by atoms with van der Waals surface area (Å²) in [6.07, 6.45) is 4.19. The standard InChI is InChI=1S/C32H33NO5S.Li/c1-22-9-6-7-12-25(22)27-19-24(14-15-26(27)31(34)33-28(32(35)36)16-18-39-2)21-38-30(29-13-8-17-37-29)20-23-10-4-3-5-11-23;/h3-15,17,19,28,30H,16,18,20-21H2,1-2H3,(H,33,34)(H,35,36);/q;+1/p-1/t28-,30?;/m0./s1. The molecule has 1 unspecified atom stereocenters. The van der Waals surface area contributed by atoms with Crippen LogP contribution in [0.1, 0.15) is 45.3 Å². The van der Waals surface area contributed by atoms with Crippen LogP contribution in [0.3, 0.4) is 0 Å². The van der Waals surface area contributed by atoms with E-state index in [4.69, 9.17) is 9.15 Å². The monoisotopic (exact) mass is 549 g/mol. The van der Waals surface area contributed by atoms with Crippen molar-refractivity contribution in [2.75, 3.05) is 12.0 Å². The van der Waals surface area contributed by atoms with Gasteiger partial charge in [-0.15, -0.1) is 0 Å². The van der Waals surface area contributed by atoms with Gasteiger partial charge in [0.05, 0.1) is 24.9 Å². The van der Waals surface area contributed by atoms with Crippen molar-refractivity contribution in [3.05, 3.63) is 119 Å². The summed E-state index contributed by atoms with van der Waals surface area (Å²) in [5.41, 5.74) is 5.02. The minimum atomic E-state index is -1.29. The van der Waals surface area contributed by atoms with E-state index in [1.807, 2.05) is 79.9 Å². The normalized spacial score (nSPS) is 12.2. The van der Waals surface area contributed by atoms with Gasteiger partial charge in [-0.05, 0) is 77.4 Å². The summed E-state index contributed by atoms with van der Waals surface area (Å²) in [7, 11) is 0. The molecule has 40 heavy (non-hydrogen) atoms. The van der Waals surface area contributed by atoms with E-state index in [0.29, 0.717) is 29.9 Å². The number of aliphatic carboxylic acids is 1. The van der Waals surface area contributed by atoms with Crippen molar-refractivity contribution in [2.45, 2.75) is 38.5 Å². The molecule has 202 valence electrons. The smallest absolute Gasteiger partial charge is 0.548 e. The Kier molecular flexibility index (Phi) is 12.2. The molecule has 0 bridgehead atoms. The minimum Gasteiger partial charge on any atom is -0.548 e. The number of carboxylic acids is 1. The summed E-state index contributed by atoms with van der Waals surface area (Å²) in [5, 5.41) is 14.3. The van der Waals surface area contributed by atoms with Gasteiger partial charge in [0.1, 0.15) is 11.9 Å². The third-order valence-electron chi connectivity index (χ3n) is 6.54. The van der Waals surface area contributed by atoms with Gasteiger partial charge in [-0.3, -0.25) is 4.79 Å². The van der Waals surface area contributed by atoms with Crippen LogP contribution < -0.4 is 29.3 Å². The van der Waals surface area contributed by atoms with E-state index in [1.165, 1.54) is 11.8 Å². The first kappa shape index (κ1) is 31.3. The van der Waals surface area contributed by atoms with Crippen molar-refractivity contribution in [1.82, 2.24) is 5.32 Å². The number of carbonyl (C=O) groups is 2. The average Bonchev–Trinajstić information content (AvgIpc) is 3.49. The summed E-state index contributed by atoms with van der Waals surface area (Å²) in [6, 6.07) is 26.1. The number of thioether (sulfide) groups is 1. The Morgan fingerprint density at radius 2 is 1.70 bits per heavy atom. The maximum absolute atomic E-state index is 13.3. The van der Waals surface area contributed by atoms with Crippen LogP contribution in [0.2, 0.25) is 0 Å². The summed E-state index contributed by atoms with van der Waals surface area (Å²) >= 11 is 1.52. The molecule has 0 radical (unpaired) electrons. The predicted octanol–water partition coefficient (Wildman–Crippen LogP) is 2.36. The number of aryl methyl sites for hydroxylation is 1. The Morgan fingerprint density at radius 1 is 0.950 bits per heavy atom. The molecule has 1 heterocycles. The fourth-order valence-electron chi connectivity index (χ4n) is 4.44. The van der Waals surface area contributed by atoms with Gasteiger partial charge >= 0.3 is 18.9 Å². The summed E-state index contributed by atoms with van der Waals surface area (Å²) in [4.78, 5) is 25.0. The van der Waals surface area contributed by atoms with Gasteiger partial charge in [-0.25, -0.2) is 0 Å². The molecule has 0 saturated carbocycles. The van der Waals surface area contributed by atoms with Crippen LogP contribution in [0.4, 0.5) is 0 Å². The first-order chi connectivity index (χ1) is 19.0. The Morgan fingerprint density at radius 3 is 2.38 bits per heavy atom. The van der Waals surface area contributed by atoms with Crippen LogP contribution >= 0.6 is 11.8 Å². The summed E-state index contributed by atoms with van der Waals surface area (Å²) < 4.78 is 12.0. The molecule has 0 fully saturated rings. The second-order valence-corrected chi connectivity index (χ2v) is 10.3. The number of hydrogen-bond acceptors (Lipinski definition) is 6. The molecule has 3 aromatic carbocycles. The van der Waals surface area contributed by atoms with Crippen LogP contribution in [0.15, 0.2) is 95.6 Å². The first-order valence-electron chi connectivity index (χ1n) is 12.8. The van der Waals surface area contributed by atoms with Crippen molar-refractivity contribution in [2.24, 2.45) is 0 Å². The number of hydrogen-bond donors (Lipinski definition) is 1. The quantitative estimate of drug-likeness (QED) is 0.258. The topological polar surface area (TPSA) is 91.6 Å². The van der Waals surface area contributed by atoms with Gasteiger partial charge in [0.25, 0.3) is 5.91 Å². The molecule has 0 aliphatic rings. The minimum absolute atomic E-state index is 0. The van der Waals surface area contributed by atoms with E-state index >= 15 is 0 Å². The van der Waals surface area contributed by atoms with Gasteiger partial charge in [-0.2, -0.15) is 11.8 Å². The van der Waals surface area contributed by atoms with Crippen LogP contribution in [-0.4, -0.2) is 29.9 Å². The molecule has 4 rings (SSSR count). The largest absolute Gasteiger partial charge is 1.00 e. The zero-order valence-electron chi connectivity index (χ0n) is 23.1. The fourth-order valence-corrected chi connectivity index (χ4v) is 4.91. The SMILES string of the molecule is CSCC[C@H](NC(=O)c1ccc(COC(Cc2ccccc2)c2ccco2)cc1-c1ccccc1C)C(=O)[O-].[Li+]. The number of rotatable bonds is 13. The summed E-state index contributed by atoms with van der Waals surface area (Å²) in [6.45, 7) is 2.28. The van der Waals surface area contributed by atoms with E-state index in [9.17, 15) is 14.7 Å². The van der Waals surface area contributed by atoms with Gasteiger partial charge in [0, 0.05) is 12.0 Å². The number of benzene rings is 3. The first-order valence-corrected chi connectivity index (χ1v) is 14.2. The van der Waals surface area contributed by atoms with Crippen LogP contribution in [0.25, 0.3) is 11.1 Å². The van der Waals surface area contributed by atoms with Crippen LogP contribution in [0.5, 0.6) is 0 Å². The van der Waals surface area contributed by atoms with Crippen molar-refractivity contribution in [3.63, 3.8) is 0 Å².